The third-order valence-electron chi connectivity index (χ3n) is 3.15. The molecule has 0 saturated carbocycles. The summed E-state index contributed by atoms with van der Waals surface area (Å²) in [6.07, 6.45) is 3.59. The number of carbonyl (C=O) groups excluding carboxylic acids is 1. The summed E-state index contributed by atoms with van der Waals surface area (Å²) in [6.45, 7) is 5.15. The molecule has 2 N–H and O–H groups in total. The number of pyridine rings is 1. The zero-order valence-electron chi connectivity index (χ0n) is 10.4. The van der Waals surface area contributed by atoms with E-state index in [1.165, 1.54) is 5.56 Å². The molecule has 2 rings (SSSR count). The van der Waals surface area contributed by atoms with Gasteiger partial charge in [0.25, 0.3) is 0 Å². The monoisotopic (exact) mass is 233 g/mol. The second-order valence-electron chi connectivity index (χ2n) is 4.69. The van der Waals surface area contributed by atoms with E-state index < -0.39 is 0 Å². The van der Waals surface area contributed by atoms with Crippen LogP contribution in [0.25, 0.3) is 0 Å². The van der Waals surface area contributed by atoms with Gasteiger partial charge >= 0.3 is 0 Å². The smallest absolute Gasteiger partial charge is 0.242 e. The van der Waals surface area contributed by atoms with Crippen LogP contribution in [0.2, 0.25) is 0 Å². The van der Waals surface area contributed by atoms with Gasteiger partial charge in [-0.1, -0.05) is 13.8 Å². The van der Waals surface area contributed by atoms with Gasteiger partial charge in [-0.3, -0.25) is 4.79 Å². The van der Waals surface area contributed by atoms with E-state index in [0.717, 1.165) is 19.4 Å². The number of aromatic nitrogens is 1. The summed E-state index contributed by atoms with van der Waals surface area (Å²) >= 11 is 0. The lowest BCUT2D eigenvalue weighted by Gasteiger charge is -2.11. The van der Waals surface area contributed by atoms with Crippen LogP contribution >= 0.6 is 0 Å². The van der Waals surface area contributed by atoms with E-state index in [2.05, 4.69) is 29.5 Å². The molecule has 1 amide bonds. The average Bonchev–Trinajstić information content (AvgIpc) is 2.76. The standard InChI is InChI=1S/C13H19N3O/c1-3-10-4-5-14-12(7-10)16-13(17)11-6-9(2)8-15-11/h4-5,7,9,11,15H,3,6,8H2,1-2H3,(H,14,16,17)/t9-,11+/m1/s1. The predicted molar refractivity (Wildman–Crippen MR) is 67.8 cm³/mol. The van der Waals surface area contributed by atoms with E-state index in [1.807, 2.05) is 12.1 Å². The van der Waals surface area contributed by atoms with Crippen LogP contribution < -0.4 is 10.6 Å². The first kappa shape index (κ1) is 12.0. The molecular formula is C13H19N3O. The molecule has 1 aromatic rings. The molecule has 0 radical (unpaired) electrons. The molecule has 1 aliphatic rings. The summed E-state index contributed by atoms with van der Waals surface area (Å²) in [7, 11) is 0. The Kier molecular flexibility index (Phi) is 3.74. The van der Waals surface area contributed by atoms with Crippen molar-refractivity contribution in [1.29, 1.82) is 0 Å². The Hall–Kier alpha value is -1.42. The molecule has 2 atom stereocenters. The molecule has 17 heavy (non-hydrogen) atoms. The number of carbonyl (C=O) groups is 1. The van der Waals surface area contributed by atoms with Crippen molar-refractivity contribution in [1.82, 2.24) is 10.3 Å². The van der Waals surface area contributed by atoms with Crippen molar-refractivity contribution >= 4 is 11.7 Å². The summed E-state index contributed by atoms with van der Waals surface area (Å²) in [5.41, 5.74) is 1.18. The highest BCUT2D eigenvalue weighted by Gasteiger charge is 2.26. The van der Waals surface area contributed by atoms with E-state index in [1.54, 1.807) is 6.20 Å². The number of anilines is 1. The van der Waals surface area contributed by atoms with Crippen LogP contribution in [0.3, 0.4) is 0 Å². The Morgan fingerprint density at radius 2 is 2.47 bits per heavy atom. The number of hydrogen-bond acceptors (Lipinski definition) is 3. The lowest BCUT2D eigenvalue weighted by atomic mass is 10.1. The quantitative estimate of drug-likeness (QED) is 0.833. The Morgan fingerprint density at radius 3 is 3.12 bits per heavy atom. The first-order valence-electron chi connectivity index (χ1n) is 6.18. The van der Waals surface area contributed by atoms with Gasteiger partial charge in [0.1, 0.15) is 5.82 Å². The van der Waals surface area contributed by atoms with Crippen LogP contribution in [0.15, 0.2) is 18.3 Å². The van der Waals surface area contributed by atoms with Crippen LogP contribution in [0, 0.1) is 5.92 Å². The van der Waals surface area contributed by atoms with E-state index in [0.29, 0.717) is 11.7 Å². The van der Waals surface area contributed by atoms with Crippen molar-refractivity contribution in [2.75, 3.05) is 11.9 Å². The van der Waals surface area contributed by atoms with Gasteiger partial charge in [-0.25, -0.2) is 4.98 Å². The van der Waals surface area contributed by atoms with Crippen LogP contribution in [0.1, 0.15) is 25.8 Å². The average molecular weight is 233 g/mol. The predicted octanol–water partition coefficient (Wildman–Crippen LogP) is 1.58. The zero-order valence-corrected chi connectivity index (χ0v) is 10.4. The summed E-state index contributed by atoms with van der Waals surface area (Å²) in [6, 6.07) is 3.82. The lowest BCUT2D eigenvalue weighted by molar-refractivity contribution is -0.117. The lowest BCUT2D eigenvalue weighted by Crippen LogP contribution is -2.35. The minimum absolute atomic E-state index is 0.0232. The highest BCUT2D eigenvalue weighted by Crippen LogP contribution is 2.15. The van der Waals surface area contributed by atoms with Gasteiger partial charge in [0, 0.05) is 6.20 Å². The highest BCUT2D eigenvalue weighted by atomic mass is 16.2. The highest BCUT2D eigenvalue weighted by molar-refractivity contribution is 5.94. The SMILES string of the molecule is CCc1ccnc(NC(=O)[C@@H]2C[C@@H](C)CN2)c1. The number of rotatable bonds is 3. The molecule has 0 spiro atoms. The van der Waals surface area contributed by atoms with E-state index in [-0.39, 0.29) is 11.9 Å². The first-order chi connectivity index (χ1) is 8.19. The van der Waals surface area contributed by atoms with Gasteiger partial charge in [0.05, 0.1) is 6.04 Å². The fourth-order valence-corrected chi connectivity index (χ4v) is 2.09. The third-order valence-corrected chi connectivity index (χ3v) is 3.15. The Bertz CT molecular complexity index is 405. The van der Waals surface area contributed by atoms with Crippen molar-refractivity contribution < 1.29 is 4.79 Å². The second-order valence-corrected chi connectivity index (χ2v) is 4.69. The number of nitrogens with one attached hydrogen (secondary N) is 2. The fourth-order valence-electron chi connectivity index (χ4n) is 2.09. The van der Waals surface area contributed by atoms with Crippen molar-refractivity contribution in [2.24, 2.45) is 5.92 Å². The Morgan fingerprint density at radius 1 is 1.65 bits per heavy atom. The van der Waals surface area contributed by atoms with Crippen LogP contribution in [-0.2, 0) is 11.2 Å². The second kappa shape index (κ2) is 5.27. The van der Waals surface area contributed by atoms with E-state index >= 15 is 0 Å². The van der Waals surface area contributed by atoms with Gasteiger partial charge in [0.2, 0.25) is 5.91 Å². The molecule has 1 aromatic heterocycles. The topological polar surface area (TPSA) is 54.0 Å². The minimum atomic E-state index is -0.0721. The largest absolute Gasteiger partial charge is 0.309 e. The Labute approximate surface area is 102 Å². The molecule has 0 aliphatic carbocycles. The van der Waals surface area contributed by atoms with Crippen molar-refractivity contribution in [3.8, 4) is 0 Å². The Balaban J connectivity index is 1.98. The summed E-state index contributed by atoms with van der Waals surface area (Å²) < 4.78 is 0. The maximum absolute atomic E-state index is 11.9. The normalized spacial score (nSPS) is 23.6. The zero-order chi connectivity index (χ0) is 12.3. The van der Waals surface area contributed by atoms with Crippen molar-refractivity contribution in [2.45, 2.75) is 32.7 Å². The fraction of sp³-hybridized carbons (Fsp3) is 0.538. The molecular weight excluding hydrogens is 214 g/mol. The molecule has 1 fully saturated rings. The number of nitrogens with zero attached hydrogens (tertiary/aromatic N) is 1. The van der Waals surface area contributed by atoms with Crippen LogP contribution in [-0.4, -0.2) is 23.5 Å². The van der Waals surface area contributed by atoms with E-state index in [4.69, 9.17) is 0 Å². The van der Waals surface area contributed by atoms with Gasteiger partial charge in [-0.2, -0.15) is 0 Å². The van der Waals surface area contributed by atoms with Crippen LogP contribution in [0.5, 0.6) is 0 Å². The molecule has 2 heterocycles. The number of amides is 1. The summed E-state index contributed by atoms with van der Waals surface area (Å²) in [5, 5.41) is 6.08. The van der Waals surface area contributed by atoms with Gasteiger partial charge in [0.15, 0.2) is 0 Å². The van der Waals surface area contributed by atoms with Gasteiger partial charge in [-0.05, 0) is 43.0 Å². The minimum Gasteiger partial charge on any atom is -0.309 e. The molecule has 0 unspecified atom stereocenters. The van der Waals surface area contributed by atoms with Crippen LogP contribution in [0.4, 0.5) is 5.82 Å². The maximum atomic E-state index is 11.9. The summed E-state index contributed by atoms with van der Waals surface area (Å²) in [5.74, 6) is 1.24. The van der Waals surface area contributed by atoms with Gasteiger partial charge in [-0.15, -0.1) is 0 Å². The molecule has 4 heteroatoms. The first-order valence-corrected chi connectivity index (χ1v) is 6.18. The number of hydrogen-bond donors (Lipinski definition) is 2. The molecule has 0 aromatic carbocycles. The van der Waals surface area contributed by atoms with Crippen molar-refractivity contribution in [3.63, 3.8) is 0 Å². The number of aryl methyl sites for hydroxylation is 1. The molecule has 92 valence electrons. The van der Waals surface area contributed by atoms with Crippen molar-refractivity contribution in [3.05, 3.63) is 23.9 Å². The summed E-state index contributed by atoms with van der Waals surface area (Å²) in [4.78, 5) is 16.1. The molecule has 1 saturated heterocycles. The third kappa shape index (κ3) is 3.03. The maximum Gasteiger partial charge on any atom is 0.242 e. The van der Waals surface area contributed by atoms with Gasteiger partial charge < -0.3 is 10.6 Å². The molecule has 0 bridgehead atoms. The van der Waals surface area contributed by atoms with E-state index in [9.17, 15) is 4.79 Å². The molecule has 1 aliphatic heterocycles. The molecule has 4 nitrogen and oxygen atoms in total.